The highest BCUT2D eigenvalue weighted by molar-refractivity contribution is 6.24. The van der Waals surface area contributed by atoms with E-state index in [1.807, 2.05) is 6.08 Å². The van der Waals surface area contributed by atoms with Crippen LogP contribution in [-0.4, -0.2) is 11.7 Å². The van der Waals surface area contributed by atoms with Crippen LogP contribution in [0.3, 0.4) is 0 Å². The van der Waals surface area contributed by atoms with Gasteiger partial charge in [0, 0.05) is 12.3 Å². The van der Waals surface area contributed by atoms with Crippen molar-refractivity contribution in [2.45, 2.75) is 129 Å². The Hall–Kier alpha value is -1.08. The number of halogens is 1. The predicted molar refractivity (Wildman–Crippen MR) is 142 cm³/mol. The average Bonchev–Trinajstić information content (AvgIpc) is 2.76. The minimum atomic E-state index is 0.165. The lowest BCUT2D eigenvalue weighted by atomic mass is 9.63. The zero-order valence-corrected chi connectivity index (χ0v) is 22.3. The number of rotatable bonds is 14. The molecule has 32 heavy (non-hydrogen) atoms. The number of allylic oxidation sites excluding steroid dienone is 2. The maximum absolute atomic E-state index is 12.6. The fraction of sp³-hybridized carbons (Fsp3) is 0.700. The zero-order chi connectivity index (χ0) is 23.6. The van der Waals surface area contributed by atoms with Gasteiger partial charge in [0.1, 0.15) is 0 Å². The third-order valence-corrected chi connectivity index (χ3v) is 7.77. The van der Waals surface area contributed by atoms with Crippen LogP contribution in [0.5, 0.6) is 0 Å². The molecule has 0 unspecified atom stereocenters. The van der Waals surface area contributed by atoms with E-state index in [4.69, 9.17) is 11.6 Å². The van der Waals surface area contributed by atoms with E-state index in [1.54, 1.807) is 0 Å². The van der Waals surface area contributed by atoms with Crippen molar-refractivity contribution in [2.75, 3.05) is 5.88 Å². The molecule has 0 aromatic heterocycles. The number of hydrogen-bond donors (Lipinski definition) is 0. The largest absolute Gasteiger partial charge is 0.295 e. The van der Waals surface area contributed by atoms with Gasteiger partial charge in [0.05, 0.1) is 0 Å². The lowest BCUT2D eigenvalue weighted by Crippen LogP contribution is -2.33. The summed E-state index contributed by atoms with van der Waals surface area (Å²) in [6, 6.07) is 6.75. The highest BCUT2D eigenvalue weighted by Gasteiger charge is 2.37. The Kier molecular flexibility index (Phi) is 11.0. The van der Waals surface area contributed by atoms with Crippen LogP contribution in [-0.2, 0) is 15.6 Å². The summed E-state index contributed by atoms with van der Waals surface area (Å²) in [6.45, 7) is 11.6. The van der Waals surface area contributed by atoms with Gasteiger partial charge in [-0.15, -0.1) is 11.6 Å². The lowest BCUT2D eigenvalue weighted by molar-refractivity contribution is -0.114. The molecule has 180 valence electrons. The zero-order valence-electron chi connectivity index (χ0n) is 21.5. The van der Waals surface area contributed by atoms with Crippen molar-refractivity contribution in [3.8, 4) is 0 Å². The number of benzene rings is 1. The summed E-state index contributed by atoms with van der Waals surface area (Å²) in [5.74, 6) is 0.601. The second kappa shape index (κ2) is 13.0. The smallest absolute Gasteiger partial charge is 0.156 e. The van der Waals surface area contributed by atoms with E-state index >= 15 is 0 Å². The van der Waals surface area contributed by atoms with Gasteiger partial charge in [0.15, 0.2) is 5.78 Å². The molecular weight excluding hydrogens is 412 g/mol. The molecule has 1 aromatic carbocycles. The molecule has 0 spiro atoms. The Morgan fingerprint density at radius 3 is 1.94 bits per heavy atom. The molecule has 0 N–H and O–H groups in total. The first-order valence-electron chi connectivity index (χ1n) is 13.2. The quantitative estimate of drug-likeness (QED) is 0.154. The fourth-order valence-corrected chi connectivity index (χ4v) is 5.27. The molecule has 0 fully saturated rings. The number of carbonyl (C=O) groups is 1. The van der Waals surface area contributed by atoms with Crippen LogP contribution in [0.25, 0.3) is 5.57 Å². The first kappa shape index (κ1) is 27.2. The summed E-state index contributed by atoms with van der Waals surface area (Å²) in [7, 11) is 0. The average molecular weight is 459 g/mol. The van der Waals surface area contributed by atoms with Crippen molar-refractivity contribution in [1.29, 1.82) is 0 Å². The third-order valence-electron chi connectivity index (χ3n) is 7.48. The van der Waals surface area contributed by atoms with Crippen LogP contribution in [0.4, 0.5) is 0 Å². The van der Waals surface area contributed by atoms with Crippen LogP contribution in [0.15, 0.2) is 24.3 Å². The van der Waals surface area contributed by atoms with Gasteiger partial charge < -0.3 is 0 Å². The van der Waals surface area contributed by atoms with E-state index in [2.05, 4.69) is 52.8 Å². The molecular formula is C30H47ClO. The molecule has 1 nitrogen and oxygen atoms in total. The van der Waals surface area contributed by atoms with E-state index < -0.39 is 0 Å². The summed E-state index contributed by atoms with van der Waals surface area (Å²) < 4.78 is 0. The fourth-order valence-electron chi connectivity index (χ4n) is 5.04. The highest BCUT2D eigenvalue weighted by atomic mass is 35.5. The predicted octanol–water partition coefficient (Wildman–Crippen LogP) is 9.54. The van der Waals surface area contributed by atoms with Gasteiger partial charge in [0.2, 0.25) is 0 Å². The number of fused-ring (bicyclic) bond motifs is 1. The van der Waals surface area contributed by atoms with E-state index in [0.29, 0.717) is 12.3 Å². The molecule has 2 rings (SSSR count). The van der Waals surface area contributed by atoms with Crippen molar-refractivity contribution in [1.82, 2.24) is 0 Å². The topological polar surface area (TPSA) is 17.1 Å². The van der Waals surface area contributed by atoms with Crippen LogP contribution >= 0.6 is 11.6 Å². The Balaban J connectivity index is 1.87. The Morgan fingerprint density at radius 2 is 1.38 bits per heavy atom. The minimum absolute atomic E-state index is 0.165. The molecule has 0 radical (unpaired) electrons. The Morgan fingerprint density at radius 1 is 0.844 bits per heavy atom. The number of alkyl halides is 1. The van der Waals surface area contributed by atoms with Gasteiger partial charge in [-0.3, -0.25) is 4.79 Å². The van der Waals surface area contributed by atoms with Crippen LogP contribution in [0.1, 0.15) is 135 Å². The van der Waals surface area contributed by atoms with Gasteiger partial charge in [-0.1, -0.05) is 111 Å². The highest BCUT2D eigenvalue weighted by Crippen LogP contribution is 2.46. The van der Waals surface area contributed by atoms with Crippen molar-refractivity contribution in [3.63, 3.8) is 0 Å². The molecule has 0 saturated carbocycles. The molecule has 0 atom stereocenters. The van der Waals surface area contributed by atoms with Crippen LogP contribution < -0.4 is 0 Å². The SMILES string of the molecule is CCCCCCCCCCCCC(=O)C=C(CCl)c1ccc2c(c1)C(C)(C)CCC2(C)C. The summed E-state index contributed by atoms with van der Waals surface area (Å²) in [5.41, 5.74) is 5.32. The lowest BCUT2D eigenvalue weighted by Gasteiger charge is -2.42. The van der Waals surface area contributed by atoms with E-state index in [9.17, 15) is 4.79 Å². The van der Waals surface area contributed by atoms with Crippen molar-refractivity contribution < 1.29 is 4.79 Å². The molecule has 0 amide bonds. The third kappa shape index (κ3) is 8.05. The van der Waals surface area contributed by atoms with E-state index in [-0.39, 0.29) is 16.6 Å². The number of ketones is 1. The summed E-state index contributed by atoms with van der Waals surface area (Å²) in [4.78, 5) is 12.6. The molecule has 0 saturated heterocycles. The molecule has 0 heterocycles. The normalized spacial score (nSPS) is 17.2. The molecule has 0 aliphatic heterocycles. The standard InChI is InChI=1S/C30H47ClO/c1-6-7-8-9-10-11-12-13-14-15-16-26(32)21-25(23-31)24-17-18-27-28(22-24)30(4,5)20-19-29(27,2)3/h17-18,21-22H,6-16,19-20,23H2,1-5H3. The summed E-state index contributed by atoms with van der Waals surface area (Å²) in [5, 5.41) is 0. The number of carbonyl (C=O) groups excluding carboxylic acids is 1. The van der Waals surface area contributed by atoms with Gasteiger partial charge in [-0.25, -0.2) is 0 Å². The first-order valence-corrected chi connectivity index (χ1v) is 13.7. The van der Waals surface area contributed by atoms with Gasteiger partial charge >= 0.3 is 0 Å². The van der Waals surface area contributed by atoms with Crippen LogP contribution in [0.2, 0.25) is 0 Å². The molecule has 2 heteroatoms. The second-order valence-electron chi connectivity index (χ2n) is 11.2. The maximum Gasteiger partial charge on any atom is 0.156 e. The molecule has 0 bridgehead atoms. The molecule has 1 aliphatic rings. The second-order valence-corrected chi connectivity index (χ2v) is 11.5. The summed E-state index contributed by atoms with van der Waals surface area (Å²) >= 11 is 6.30. The minimum Gasteiger partial charge on any atom is -0.295 e. The maximum atomic E-state index is 12.6. The number of hydrogen-bond acceptors (Lipinski definition) is 1. The monoisotopic (exact) mass is 458 g/mol. The molecule has 1 aromatic rings. The van der Waals surface area contributed by atoms with Gasteiger partial charge in [0.25, 0.3) is 0 Å². The van der Waals surface area contributed by atoms with E-state index in [1.165, 1.54) is 75.3 Å². The van der Waals surface area contributed by atoms with Crippen molar-refractivity contribution in [3.05, 3.63) is 41.0 Å². The Labute approximate surface area is 203 Å². The molecule has 1 aliphatic carbocycles. The van der Waals surface area contributed by atoms with Gasteiger partial charge in [-0.2, -0.15) is 0 Å². The van der Waals surface area contributed by atoms with Gasteiger partial charge in [-0.05, 0) is 58.4 Å². The first-order chi connectivity index (χ1) is 15.2. The van der Waals surface area contributed by atoms with E-state index in [0.717, 1.165) is 24.0 Å². The van der Waals surface area contributed by atoms with Crippen LogP contribution in [0, 0.1) is 0 Å². The Bertz CT molecular complexity index is 756. The number of unbranched alkanes of at least 4 members (excludes halogenated alkanes) is 9. The van der Waals surface area contributed by atoms with Crippen molar-refractivity contribution >= 4 is 23.0 Å². The summed E-state index contributed by atoms with van der Waals surface area (Å²) in [6.07, 6.45) is 17.7. The van der Waals surface area contributed by atoms with Crippen molar-refractivity contribution in [2.24, 2.45) is 0 Å².